The molecule has 0 atom stereocenters. The Labute approximate surface area is 209 Å². The van der Waals surface area contributed by atoms with E-state index < -0.39 is 23.9 Å². The molecule has 2 aliphatic heterocycles. The summed E-state index contributed by atoms with van der Waals surface area (Å²) >= 11 is 0. The molecule has 0 radical (unpaired) electrons. The monoisotopic (exact) mass is 485 g/mol. The van der Waals surface area contributed by atoms with Crippen molar-refractivity contribution in [3.63, 3.8) is 0 Å². The minimum atomic E-state index is -0.522. The first-order valence-electron chi connectivity index (χ1n) is 12.3. The van der Waals surface area contributed by atoms with Crippen molar-refractivity contribution in [3.05, 3.63) is 32.7 Å². The third-order valence-corrected chi connectivity index (χ3v) is 7.45. The van der Waals surface area contributed by atoms with Crippen LogP contribution in [0.15, 0.2) is 5.11 Å². The Bertz CT molecular complexity index is 1020. The minimum absolute atomic E-state index is 0.256. The summed E-state index contributed by atoms with van der Waals surface area (Å²) in [7, 11) is -0.521. The standard InChI is InChI=1S/C25H40BN5O4/c1-16-19(15-28-29-27)17(2)21(18(3)20(16)26-34-24(7,8)25(9,10)35-26)30-11-13-31(14-12-30)22(32)33-23(4,5)6/h11-15H2,1-10H3. The van der Waals surface area contributed by atoms with Crippen molar-refractivity contribution in [2.75, 3.05) is 31.1 Å². The van der Waals surface area contributed by atoms with Gasteiger partial charge in [0.1, 0.15) is 5.60 Å². The number of azide groups is 1. The van der Waals surface area contributed by atoms with Gasteiger partial charge >= 0.3 is 13.2 Å². The second kappa shape index (κ2) is 9.56. The molecule has 35 heavy (non-hydrogen) atoms. The van der Waals surface area contributed by atoms with E-state index in [0.29, 0.717) is 26.2 Å². The maximum absolute atomic E-state index is 12.6. The lowest BCUT2D eigenvalue weighted by Gasteiger charge is -2.39. The molecule has 192 valence electrons. The molecular formula is C25H40BN5O4. The van der Waals surface area contributed by atoms with E-state index in [0.717, 1.165) is 33.4 Å². The van der Waals surface area contributed by atoms with E-state index in [1.54, 1.807) is 4.90 Å². The van der Waals surface area contributed by atoms with E-state index in [2.05, 4.69) is 28.8 Å². The summed E-state index contributed by atoms with van der Waals surface area (Å²) in [6.07, 6.45) is -0.281. The molecule has 0 N–H and O–H groups in total. The lowest BCUT2D eigenvalue weighted by atomic mass is 9.70. The molecule has 0 spiro atoms. The zero-order chi connectivity index (χ0) is 26.3. The molecule has 1 aromatic rings. The van der Waals surface area contributed by atoms with Gasteiger partial charge in [0.15, 0.2) is 0 Å². The first kappa shape index (κ1) is 27.2. The third-order valence-electron chi connectivity index (χ3n) is 7.45. The summed E-state index contributed by atoms with van der Waals surface area (Å²) in [4.78, 5) is 19.6. The molecule has 2 saturated heterocycles. The topological polar surface area (TPSA) is 100 Å². The maximum atomic E-state index is 12.6. The number of benzene rings is 1. The van der Waals surface area contributed by atoms with Crippen LogP contribution < -0.4 is 10.4 Å². The highest BCUT2D eigenvalue weighted by molar-refractivity contribution is 6.63. The van der Waals surface area contributed by atoms with Crippen LogP contribution in [0.4, 0.5) is 10.5 Å². The smallest absolute Gasteiger partial charge is 0.444 e. The number of rotatable bonds is 4. The minimum Gasteiger partial charge on any atom is -0.444 e. The first-order valence-corrected chi connectivity index (χ1v) is 12.3. The van der Waals surface area contributed by atoms with Crippen LogP contribution in [0.1, 0.15) is 70.7 Å². The Morgan fingerprint density at radius 3 is 2.06 bits per heavy atom. The van der Waals surface area contributed by atoms with Crippen LogP contribution in [0.5, 0.6) is 0 Å². The lowest BCUT2D eigenvalue weighted by Crippen LogP contribution is -2.51. The fraction of sp³-hybridized carbons (Fsp3) is 0.720. The number of ether oxygens (including phenoxy) is 1. The van der Waals surface area contributed by atoms with Crippen LogP contribution in [-0.4, -0.2) is 61.1 Å². The zero-order valence-corrected chi connectivity index (χ0v) is 23.0. The molecule has 2 heterocycles. The van der Waals surface area contributed by atoms with E-state index in [-0.39, 0.29) is 12.6 Å². The molecule has 1 aromatic carbocycles. The van der Waals surface area contributed by atoms with Crippen LogP contribution in [-0.2, 0) is 20.6 Å². The summed E-state index contributed by atoms with van der Waals surface area (Å²) in [5.41, 5.74) is 13.8. The average Bonchev–Trinajstić information content (AvgIpc) is 2.93. The maximum Gasteiger partial charge on any atom is 0.495 e. The number of carbonyl (C=O) groups excluding carboxylic acids is 1. The molecule has 0 unspecified atom stereocenters. The predicted molar refractivity (Wildman–Crippen MR) is 139 cm³/mol. The van der Waals surface area contributed by atoms with E-state index in [9.17, 15) is 4.79 Å². The van der Waals surface area contributed by atoms with E-state index >= 15 is 0 Å². The Morgan fingerprint density at radius 1 is 1.03 bits per heavy atom. The SMILES string of the molecule is Cc1c(CN=[N+]=[N-])c(C)c(N2CCN(C(=O)OC(C)(C)C)CC2)c(C)c1B1OC(C)(C)C(C)(C)O1. The fourth-order valence-electron chi connectivity index (χ4n) is 4.84. The Morgan fingerprint density at radius 2 is 1.57 bits per heavy atom. The predicted octanol–water partition coefficient (Wildman–Crippen LogP) is 4.78. The number of amides is 1. The molecule has 3 rings (SSSR count). The first-order chi connectivity index (χ1) is 16.1. The molecule has 0 bridgehead atoms. The molecule has 0 saturated carbocycles. The molecule has 10 heteroatoms. The molecule has 1 amide bonds. The van der Waals surface area contributed by atoms with Gasteiger partial charge in [-0.1, -0.05) is 5.11 Å². The number of anilines is 1. The quantitative estimate of drug-likeness (QED) is 0.265. The summed E-state index contributed by atoms with van der Waals surface area (Å²) in [5, 5.41) is 3.88. The van der Waals surface area contributed by atoms with Gasteiger partial charge in [-0.2, -0.15) is 0 Å². The van der Waals surface area contributed by atoms with E-state index in [4.69, 9.17) is 19.6 Å². The second-order valence-corrected chi connectivity index (χ2v) is 11.5. The number of nitrogens with zero attached hydrogens (tertiary/aromatic N) is 5. The Kier molecular flexibility index (Phi) is 7.43. The fourth-order valence-corrected chi connectivity index (χ4v) is 4.84. The zero-order valence-electron chi connectivity index (χ0n) is 23.0. The molecule has 2 fully saturated rings. The van der Waals surface area contributed by atoms with Gasteiger partial charge in [0, 0.05) is 36.8 Å². The van der Waals surface area contributed by atoms with Crippen LogP contribution in [0.2, 0.25) is 0 Å². The van der Waals surface area contributed by atoms with E-state index in [1.165, 1.54) is 0 Å². The molecular weight excluding hydrogens is 445 g/mol. The summed E-state index contributed by atoms with van der Waals surface area (Å²) in [6.45, 7) is 22.8. The largest absolute Gasteiger partial charge is 0.495 e. The molecule has 0 aliphatic carbocycles. The highest BCUT2D eigenvalue weighted by Crippen LogP contribution is 2.39. The number of carbonyl (C=O) groups is 1. The van der Waals surface area contributed by atoms with E-state index in [1.807, 2.05) is 55.4 Å². The third kappa shape index (κ3) is 5.39. The van der Waals surface area contributed by atoms with Crippen molar-refractivity contribution in [3.8, 4) is 0 Å². The molecule has 0 aromatic heterocycles. The highest BCUT2D eigenvalue weighted by atomic mass is 16.7. The van der Waals surface area contributed by atoms with Crippen molar-refractivity contribution in [1.29, 1.82) is 0 Å². The van der Waals surface area contributed by atoms with Gasteiger partial charge in [-0.25, -0.2) is 4.79 Å². The van der Waals surface area contributed by atoms with Crippen molar-refractivity contribution in [2.24, 2.45) is 5.11 Å². The van der Waals surface area contributed by atoms with Crippen LogP contribution >= 0.6 is 0 Å². The Hall–Kier alpha value is -2.42. The number of hydrogen-bond acceptors (Lipinski definition) is 6. The van der Waals surface area contributed by atoms with Gasteiger partial charge in [-0.05, 0) is 102 Å². The number of piperazine rings is 1. The van der Waals surface area contributed by atoms with Gasteiger partial charge in [0.05, 0.1) is 17.7 Å². The van der Waals surface area contributed by atoms with Crippen molar-refractivity contribution >= 4 is 24.4 Å². The highest BCUT2D eigenvalue weighted by Gasteiger charge is 2.53. The van der Waals surface area contributed by atoms with Crippen LogP contribution in [0, 0.1) is 20.8 Å². The summed E-state index contributed by atoms with van der Waals surface area (Å²) < 4.78 is 18.4. The van der Waals surface area contributed by atoms with Gasteiger partial charge in [0.2, 0.25) is 0 Å². The normalized spacial score (nSPS) is 19.5. The lowest BCUT2D eigenvalue weighted by molar-refractivity contribution is 0.00578. The van der Waals surface area contributed by atoms with Crippen LogP contribution in [0.25, 0.3) is 10.4 Å². The molecule has 9 nitrogen and oxygen atoms in total. The second-order valence-electron chi connectivity index (χ2n) is 11.5. The van der Waals surface area contributed by atoms with Crippen LogP contribution in [0.3, 0.4) is 0 Å². The molecule has 2 aliphatic rings. The van der Waals surface area contributed by atoms with Gasteiger partial charge in [-0.3, -0.25) is 0 Å². The van der Waals surface area contributed by atoms with Crippen molar-refractivity contribution in [2.45, 2.75) is 92.6 Å². The van der Waals surface area contributed by atoms with Crippen molar-refractivity contribution < 1.29 is 18.8 Å². The van der Waals surface area contributed by atoms with Gasteiger partial charge in [0.25, 0.3) is 0 Å². The van der Waals surface area contributed by atoms with Gasteiger partial charge in [-0.15, -0.1) is 0 Å². The van der Waals surface area contributed by atoms with Gasteiger partial charge < -0.3 is 23.8 Å². The Balaban J connectivity index is 1.99. The number of hydrogen-bond donors (Lipinski definition) is 0. The summed E-state index contributed by atoms with van der Waals surface area (Å²) in [6, 6.07) is 0. The average molecular weight is 485 g/mol. The summed E-state index contributed by atoms with van der Waals surface area (Å²) in [5.74, 6) is 0. The van der Waals surface area contributed by atoms with Crippen molar-refractivity contribution in [1.82, 2.24) is 4.90 Å².